The van der Waals surface area contributed by atoms with E-state index in [0.717, 1.165) is 5.75 Å². The molecule has 0 aliphatic rings. The molecule has 104 valence electrons. The minimum absolute atomic E-state index is 0.0813. The fraction of sp³-hybridized carbons (Fsp3) is 0.429. The van der Waals surface area contributed by atoms with Crippen LogP contribution in [0.4, 0.5) is 0 Å². The first-order valence-corrected chi connectivity index (χ1v) is 7.19. The van der Waals surface area contributed by atoms with Crippen molar-refractivity contribution < 1.29 is 14.7 Å². The van der Waals surface area contributed by atoms with Crippen molar-refractivity contribution in [2.24, 2.45) is 0 Å². The standard InChI is InChI=1S/C14H19NO3S/c1-14(2,8-13(17)18)15-12(16)10-19-9-11-6-4-3-5-7-11/h3-7H,8-10H2,1-2H3,(H,15,16)(H,17,18). The number of rotatable bonds is 7. The lowest BCUT2D eigenvalue weighted by molar-refractivity contribution is -0.138. The highest BCUT2D eigenvalue weighted by atomic mass is 32.2. The van der Waals surface area contributed by atoms with Crippen molar-refractivity contribution >= 4 is 23.6 Å². The number of nitrogens with one attached hydrogen (secondary N) is 1. The van der Waals surface area contributed by atoms with Gasteiger partial charge in [-0.3, -0.25) is 9.59 Å². The van der Waals surface area contributed by atoms with Crippen molar-refractivity contribution in [1.82, 2.24) is 5.32 Å². The van der Waals surface area contributed by atoms with Crippen molar-refractivity contribution in [3.8, 4) is 0 Å². The van der Waals surface area contributed by atoms with Gasteiger partial charge in [-0.25, -0.2) is 0 Å². The van der Waals surface area contributed by atoms with E-state index in [1.165, 1.54) is 17.3 Å². The Morgan fingerprint density at radius 3 is 2.47 bits per heavy atom. The van der Waals surface area contributed by atoms with Crippen LogP contribution in [0.1, 0.15) is 25.8 Å². The molecule has 0 aliphatic carbocycles. The molecular formula is C14H19NO3S. The highest BCUT2D eigenvalue weighted by Crippen LogP contribution is 2.13. The molecule has 0 unspecified atom stereocenters. The Labute approximate surface area is 117 Å². The van der Waals surface area contributed by atoms with Gasteiger partial charge in [0.2, 0.25) is 5.91 Å². The summed E-state index contributed by atoms with van der Waals surface area (Å²) in [6.45, 7) is 3.42. The normalized spacial score (nSPS) is 11.1. The lowest BCUT2D eigenvalue weighted by atomic mass is 10.0. The molecule has 4 nitrogen and oxygen atoms in total. The molecule has 1 aromatic rings. The second kappa shape index (κ2) is 7.19. The smallest absolute Gasteiger partial charge is 0.305 e. The fourth-order valence-corrected chi connectivity index (χ4v) is 2.46. The van der Waals surface area contributed by atoms with E-state index in [4.69, 9.17) is 5.11 Å². The fourth-order valence-electron chi connectivity index (χ4n) is 1.67. The third-order valence-corrected chi connectivity index (χ3v) is 3.42. The third-order valence-electron chi connectivity index (χ3n) is 2.42. The van der Waals surface area contributed by atoms with Crippen LogP contribution in [-0.4, -0.2) is 28.3 Å². The summed E-state index contributed by atoms with van der Waals surface area (Å²) < 4.78 is 0. The number of amides is 1. The predicted molar refractivity (Wildman–Crippen MR) is 77.1 cm³/mol. The molecule has 5 heteroatoms. The zero-order valence-corrected chi connectivity index (χ0v) is 12.0. The Bertz CT molecular complexity index is 432. The SMILES string of the molecule is CC(C)(CC(=O)O)NC(=O)CSCc1ccccc1. The molecule has 0 bridgehead atoms. The Balaban J connectivity index is 2.30. The first kappa shape index (κ1) is 15.6. The summed E-state index contributed by atoms with van der Waals surface area (Å²) in [5.74, 6) is 0.0559. The van der Waals surface area contributed by atoms with Gasteiger partial charge in [-0.05, 0) is 19.4 Å². The number of carbonyl (C=O) groups is 2. The molecule has 1 rings (SSSR count). The molecule has 0 aromatic heterocycles. The Hall–Kier alpha value is -1.49. The van der Waals surface area contributed by atoms with Crippen LogP contribution in [0, 0.1) is 0 Å². The lowest BCUT2D eigenvalue weighted by Gasteiger charge is -2.24. The van der Waals surface area contributed by atoms with Gasteiger partial charge in [-0.15, -0.1) is 11.8 Å². The summed E-state index contributed by atoms with van der Waals surface area (Å²) >= 11 is 1.51. The van der Waals surface area contributed by atoms with E-state index >= 15 is 0 Å². The monoisotopic (exact) mass is 281 g/mol. The van der Waals surface area contributed by atoms with Gasteiger partial charge in [0.05, 0.1) is 12.2 Å². The highest BCUT2D eigenvalue weighted by Gasteiger charge is 2.23. The maximum Gasteiger partial charge on any atom is 0.305 e. The van der Waals surface area contributed by atoms with E-state index < -0.39 is 11.5 Å². The van der Waals surface area contributed by atoms with Crippen LogP contribution in [0.3, 0.4) is 0 Å². The quantitative estimate of drug-likeness (QED) is 0.804. The number of carboxylic acids is 1. The molecule has 0 spiro atoms. The number of hydrogen-bond donors (Lipinski definition) is 2. The zero-order valence-electron chi connectivity index (χ0n) is 11.2. The van der Waals surface area contributed by atoms with Crippen LogP contribution >= 0.6 is 11.8 Å². The van der Waals surface area contributed by atoms with Gasteiger partial charge in [0, 0.05) is 11.3 Å². The van der Waals surface area contributed by atoms with Crippen molar-refractivity contribution in [1.29, 1.82) is 0 Å². The average molecular weight is 281 g/mol. The molecule has 0 saturated carbocycles. The number of carboxylic acid groups (broad SMARTS) is 1. The molecule has 19 heavy (non-hydrogen) atoms. The van der Waals surface area contributed by atoms with Crippen LogP contribution in [0.15, 0.2) is 30.3 Å². The highest BCUT2D eigenvalue weighted by molar-refractivity contribution is 7.99. The summed E-state index contributed by atoms with van der Waals surface area (Å²) in [7, 11) is 0. The number of hydrogen-bond acceptors (Lipinski definition) is 3. The van der Waals surface area contributed by atoms with E-state index in [2.05, 4.69) is 5.32 Å². The Morgan fingerprint density at radius 1 is 1.26 bits per heavy atom. The van der Waals surface area contributed by atoms with Gasteiger partial charge in [0.1, 0.15) is 0 Å². The molecule has 2 N–H and O–H groups in total. The van der Waals surface area contributed by atoms with E-state index in [-0.39, 0.29) is 12.3 Å². The van der Waals surface area contributed by atoms with Gasteiger partial charge >= 0.3 is 5.97 Å². The third kappa shape index (κ3) is 6.86. The van der Waals surface area contributed by atoms with Crippen molar-refractivity contribution in [3.05, 3.63) is 35.9 Å². The predicted octanol–water partition coefficient (Wildman–Crippen LogP) is 2.29. The Morgan fingerprint density at radius 2 is 1.89 bits per heavy atom. The van der Waals surface area contributed by atoms with Crippen LogP contribution in [0.2, 0.25) is 0 Å². The maximum absolute atomic E-state index is 11.7. The molecule has 0 saturated heterocycles. The number of carbonyl (C=O) groups excluding carboxylic acids is 1. The molecular weight excluding hydrogens is 262 g/mol. The molecule has 0 fully saturated rings. The van der Waals surface area contributed by atoms with Gasteiger partial charge in [-0.2, -0.15) is 0 Å². The lowest BCUT2D eigenvalue weighted by Crippen LogP contribution is -2.45. The molecule has 1 aromatic carbocycles. The summed E-state index contributed by atoms with van der Waals surface area (Å²) in [4.78, 5) is 22.3. The van der Waals surface area contributed by atoms with Crippen LogP contribution in [-0.2, 0) is 15.3 Å². The van der Waals surface area contributed by atoms with E-state index in [1.54, 1.807) is 13.8 Å². The molecule has 0 radical (unpaired) electrons. The maximum atomic E-state index is 11.7. The topological polar surface area (TPSA) is 66.4 Å². The van der Waals surface area contributed by atoms with Gasteiger partial charge in [0.25, 0.3) is 0 Å². The summed E-state index contributed by atoms with van der Waals surface area (Å²) in [5, 5.41) is 11.5. The molecule has 0 atom stereocenters. The van der Waals surface area contributed by atoms with Crippen molar-refractivity contribution in [3.63, 3.8) is 0 Å². The van der Waals surface area contributed by atoms with Crippen LogP contribution < -0.4 is 5.32 Å². The van der Waals surface area contributed by atoms with Gasteiger partial charge < -0.3 is 10.4 Å². The first-order chi connectivity index (χ1) is 8.89. The minimum Gasteiger partial charge on any atom is -0.481 e. The van der Waals surface area contributed by atoms with Crippen LogP contribution in [0.5, 0.6) is 0 Å². The largest absolute Gasteiger partial charge is 0.481 e. The second-order valence-corrected chi connectivity index (χ2v) is 5.97. The average Bonchev–Trinajstić information content (AvgIpc) is 2.27. The summed E-state index contributed by atoms with van der Waals surface area (Å²) in [6, 6.07) is 9.91. The van der Waals surface area contributed by atoms with Gasteiger partial charge in [0.15, 0.2) is 0 Å². The molecule has 1 amide bonds. The van der Waals surface area contributed by atoms with Crippen LogP contribution in [0.25, 0.3) is 0 Å². The zero-order chi connectivity index (χ0) is 14.3. The van der Waals surface area contributed by atoms with Gasteiger partial charge in [-0.1, -0.05) is 30.3 Å². The first-order valence-electron chi connectivity index (χ1n) is 6.03. The van der Waals surface area contributed by atoms with E-state index in [0.29, 0.717) is 5.75 Å². The number of aliphatic carboxylic acids is 1. The molecule has 0 heterocycles. The number of thioether (sulfide) groups is 1. The van der Waals surface area contributed by atoms with Crippen molar-refractivity contribution in [2.75, 3.05) is 5.75 Å². The van der Waals surface area contributed by atoms with Crippen molar-refractivity contribution in [2.45, 2.75) is 31.6 Å². The minimum atomic E-state index is -0.915. The summed E-state index contributed by atoms with van der Waals surface area (Å²) in [6.07, 6.45) is -0.0813. The summed E-state index contributed by atoms with van der Waals surface area (Å²) in [5.41, 5.74) is 0.459. The number of benzene rings is 1. The Kier molecular flexibility index (Phi) is 5.89. The second-order valence-electron chi connectivity index (χ2n) is 4.98. The van der Waals surface area contributed by atoms with E-state index in [9.17, 15) is 9.59 Å². The van der Waals surface area contributed by atoms with E-state index in [1.807, 2.05) is 30.3 Å². The molecule has 0 aliphatic heterocycles.